The van der Waals surface area contributed by atoms with Gasteiger partial charge >= 0.3 is 5.97 Å². The summed E-state index contributed by atoms with van der Waals surface area (Å²) in [6, 6.07) is 12.5. The van der Waals surface area contributed by atoms with Gasteiger partial charge in [0.15, 0.2) is 4.80 Å². The Labute approximate surface area is 186 Å². The van der Waals surface area contributed by atoms with Crippen LogP contribution in [0.4, 0.5) is 5.69 Å². The highest BCUT2D eigenvalue weighted by Crippen LogP contribution is 2.23. The predicted molar refractivity (Wildman–Crippen MR) is 120 cm³/mol. The van der Waals surface area contributed by atoms with E-state index in [1.165, 1.54) is 24.8 Å². The van der Waals surface area contributed by atoms with Crippen molar-refractivity contribution in [3.63, 3.8) is 0 Å². The van der Waals surface area contributed by atoms with Gasteiger partial charge in [-0.3, -0.25) is 19.7 Å². The number of ether oxygens (including phenoxy) is 1. The number of rotatable bonds is 8. The molecule has 0 aliphatic carbocycles. The number of benzene rings is 2. The quantitative estimate of drug-likeness (QED) is 0.165. The van der Waals surface area contributed by atoms with Crippen LogP contribution in [0.25, 0.3) is 10.2 Å². The van der Waals surface area contributed by atoms with Gasteiger partial charge in [0.1, 0.15) is 6.54 Å². The molecule has 3 rings (SSSR count). The Kier molecular flexibility index (Phi) is 7.59. The number of aryl methyl sites for hydroxylation is 1. The first-order valence-electron chi connectivity index (χ1n) is 9.49. The summed E-state index contributed by atoms with van der Waals surface area (Å²) in [7, 11) is 1.27. The second kappa shape index (κ2) is 10.4. The number of esters is 1. The van der Waals surface area contributed by atoms with Crippen LogP contribution in [0.2, 0.25) is 0 Å². The largest absolute Gasteiger partial charge is 0.468 e. The lowest BCUT2D eigenvalue weighted by molar-refractivity contribution is -0.384. The van der Waals surface area contributed by atoms with Gasteiger partial charge in [-0.2, -0.15) is 4.99 Å². The highest BCUT2D eigenvalue weighted by atomic mass is 32.2. The van der Waals surface area contributed by atoms with Gasteiger partial charge in [0.05, 0.1) is 22.2 Å². The topological polar surface area (TPSA) is 104 Å². The molecule has 0 unspecified atom stereocenters. The highest BCUT2D eigenvalue weighted by molar-refractivity contribution is 7.99. The Bertz CT molecular complexity index is 1180. The normalized spacial score (nSPS) is 11.6. The van der Waals surface area contributed by atoms with Crippen LogP contribution in [0, 0.1) is 17.0 Å². The summed E-state index contributed by atoms with van der Waals surface area (Å²) in [4.78, 5) is 40.4. The van der Waals surface area contributed by atoms with Crippen LogP contribution in [0.15, 0.2) is 52.4 Å². The molecule has 0 saturated carbocycles. The molecule has 0 bridgehead atoms. The molecule has 0 saturated heterocycles. The minimum absolute atomic E-state index is 0.0648. The minimum Gasteiger partial charge on any atom is -0.468 e. The fraction of sp³-hybridized carbons (Fsp3) is 0.286. The van der Waals surface area contributed by atoms with E-state index in [1.807, 2.05) is 6.92 Å². The Balaban J connectivity index is 1.75. The molecule has 0 N–H and O–H groups in total. The van der Waals surface area contributed by atoms with Crippen LogP contribution >= 0.6 is 23.1 Å². The molecule has 2 aromatic carbocycles. The Morgan fingerprint density at radius 1 is 1.23 bits per heavy atom. The fourth-order valence-electron chi connectivity index (χ4n) is 2.82. The average Bonchev–Trinajstić information content (AvgIpc) is 3.08. The van der Waals surface area contributed by atoms with Gasteiger partial charge < -0.3 is 9.30 Å². The monoisotopic (exact) mass is 459 g/mol. The van der Waals surface area contributed by atoms with E-state index < -0.39 is 10.9 Å². The van der Waals surface area contributed by atoms with Crippen LogP contribution in [0.1, 0.15) is 18.4 Å². The van der Waals surface area contributed by atoms with Crippen LogP contribution in [0.5, 0.6) is 0 Å². The van der Waals surface area contributed by atoms with E-state index in [2.05, 4.69) is 29.3 Å². The summed E-state index contributed by atoms with van der Waals surface area (Å²) in [6.45, 7) is 1.90. The summed E-state index contributed by atoms with van der Waals surface area (Å²) in [5.41, 5.74) is 1.72. The molecule has 162 valence electrons. The highest BCUT2D eigenvalue weighted by Gasteiger charge is 2.15. The molecule has 0 spiro atoms. The summed E-state index contributed by atoms with van der Waals surface area (Å²) in [6.07, 6.45) is 0.930. The number of amides is 1. The number of nitro benzene ring substituents is 1. The molecule has 0 atom stereocenters. The fourth-order valence-corrected chi connectivity index (χ4v) is 4.75. The molecular formula is C21H21N3O5S2. The molecule has 10 heteroatoms. The van der Waals surface area contributed by atoms with Gasteiger partial charge in [0.25, 0.3) is 5.69 Å². The van der Waals surface area contributed by atoms with E-state index in [-0.39, 0.29) is 24.6 Å². The smallest absolute Gasteiger partial charge is 0.325 e. The van der Waals surface area contributed by atoms with Crippen LogP contribution < -0.4 is 4.80 Å². The van der Waals surface area contributed by atoms with Gasteiger partial charge in [-0.25, -0.2) is 0 Å². The van der Waals surface area contributed by atoms with Gasteiger partial charge in [0.2, 0.25) is 5.91 Å². The third kappa shape index (κ3) is 6.02. The number of thioether (sulfide) groups is 1. The zero-order valence-electron chi connectivity index (χ0n) is 17.1. The molecule has 31 heavy (non-hydrogen) atoms. The van der Waals surface area contributed by atoms with Gasteiger partial charge in [-0.1, -0.05) is 29.0 Å². The van der Waals surface area contributed by atoms with E-state index in [1.54, 1.807) is 22.4 Å². The van der Waals surface area contributed by atoms with E-state index in [4.69, 9.17) is 4.74 Å². The summed E-state index contributed by atoms with van der Waals surface area (Å²) >= 11 is 2.81. The van der Waals surface area contributed by atoms with Crippen molar-refractivity contribution in [3.8, 4) is 0 Å². The molecule has 1 heterocycles. The summed E-state index contributed by atoms with van der Waals surface area (Å²) in [5.74, 6) is -0.0175. The van der Waals surface area contributed by atoms with Gasteiger partial charge in [-0.05, 0) is 37.3 Å². The van der Waals surface area contributed by atoms with Crippen molar-refractivity contribution in [2.75, 3.05) is 12.9 Å². The van der Waals surface area contributed by atoms with Crippen molar-refractivity contribution in [2.45, 2.75) is 31.2 Å². The number of non-ortho nitro benzene ring substituents is 1. The van der Waals surface area contributed by atoms with Crippen molar-refractivity contribution < 1.29 is 19.2 Å². The van der Waals surface area contributed by atoms with E-state index >= 15 is 0 Å². The Morgan fingerprint density at radius 3 is 2.65 bits per heavy atom. The molecule has 0 fully saturated rings. The SMILES string of the molecule is COC(=O)Cn1c(=NC(=O)CCCSc2ccc(C)cc2)sc2cc([N+](=O)[O-])ccc21. The number of thiazole rings is 1. The first-order chi connectivity index (χ1) is 14.9. The van der Waals surface area contributed by atoms with Crippen molar-refractivity contribution in [1.82, 2.24) is 4.57 Å². The summed E-state index contributed by atoms with van der Waals surface area (Å²) < 4.78 is 6.85. The lowest BCUT2D eigenvalue weighted by Gasteiger charge is -2.03. The number of hydrogen-bond acceptors (Lipinski definition) is 7. The Morgan fingerprint density at radius 2 is 1.97 bits per heavy atom. The van der Waals surface area contributed by atoms with Crippen LogP contribution in [-0.4, -0.2) is 34.2 Å². The molecule has 0 aliphatic rings. The first kappa shape index (κ1) is 22.7. The molecule has 8 nitrogen and oxygen atoms in total. The Hall–Kier alpha value is -2.98. The number of nitro groups is 1. The lowest BCUT2D eigenvalue weighted by Crippen LogP contribution is -2.22. The summed E-state index contributed by atoms with van der Waals surface area (Å²) in [5, 5.41) is 11.1. The van der Waals surface area contributed by atoms with Crippen LogP contribution in [0.3, 0.4) is 0 Å². The zero-order chi connectivity index (χ0) is 22.4. The number of aromatic nitrogens is 1. The molecule has 0 aliphatic heterocycles. The predicted octanol–water partition coefficient (Wildman–Crippen LogP) is 4.09. The van der Waals surface area contributed by atoms with Gasteiger partial charge in [0, 0.05) is 23.4 Å². The molecule has 1 amide bonds. The maximum absolute atomic E-state index is 12.4. The number of methoxy groups -OCH3 is 1. The number of hydrogen-bond donors (Lipinski definition) is 0. The first-order valence-corrected chi connectivity index (χ1v) is 11.3. The second-order valence-corrected chi connectivity index (χ2v) is 8.90. The van der Waals surface area contributed by atoms with Crippen molar-refractivity contribution in [2.24, 2.45) is 4.99 Å². The third-order valence-electron chi connectivity index (χ3n) is 4.44. The maximum atomic E-state index is 12.4. The maximum Gasteiger partial charge on any atom is 0.325 e. The zero-order valence-corrected chi connectivity index (χ0v) is 18.7. The van der Waals surface area contributed by atoms with Gasteiger partial charge in [-0.15, -0.1) is 11.8 Å². The second-order valence-electron chi connectivity index (χ2n) is 6.73. The number of nitrogens with zero attached hydrogens (tertiary/aromatic N) is 3. The molecular weight excluding hydrogens is 438 g/mol. The average molecular weight is 460 g/mol. The van der Waals surface area contributed by atoms with Crippen LogP contribution in [-0.2, 0) is 20.9 Å². The number of fused-ring (bicyclic) bond motifs is 1. The van der Waals surface area contributed by atoms with E-state index in [0.29, 0.717) is 21.4 Å². The third-order valence-corrected chi connectivity index (χ3v) is 6.58. The van der Waals surface area contributed by atoms with Crippen molar-refractivity contribution >= 4 is 50.9 Å². The number of carbonyl (C=O) groups is 2. The van der Waals surface area contributed by atoms with E-state index in [9.17, 15) is 19.7 Å². The molecule has 3 aromatic rings. The lowest BCUT2D eigenvalue weighted by atomic mass is 10.2. The molecule has 1 aromatic heterocycles. The van der Waals surface area contributed by atoms with E-state index in [0.717, 1.165) is 22.0 Å². The number of carbonyl (C=O) groups excluding carboxylic acids is 2. The van der Waals surface area contributed by atoms with Crippen molar-refractivity contribution in [3.05, 3.63) is 62.9 Å². The van der Waals surface area contributed by atoms with Crippen molar-refractivity contribution in [1.29, 1.82) is 0 Å². The minimum atomic E-state index is -0.499. The molecule has 0 radical (unpaired) electrons. The standard InChI is InChI=1S/C21H21N3O5S2/c1-14-5-8-16(9-6-14)30-11-3-4-19(25)22-21-23(13-20(26)29-2)17-10-7-15(24(27)28)12-18(17)31-21/h5-10,12H,3-4,11,13H2,1-2H3.